The molecule has 0 unspecified atom stereocenters. The number of primary amides is 1. The van der Waals surface area contributed by atoms with E-state index in [1.807, 2.05) is 0 Å². The summed E-state index contributed by atoms with van der Waals surface area (Å²) in [5, 5.41) is 3.05. The molecule has 132 valence electrons. The fourth-order valence-corrected chi connectivity index (χ4v) is 5.11. The van der Waals surface area contributed by atoms with E-state index in [4.69, 9.17) is 5.73 Å². The zero-order valence-electron chi connectivity index (χ0n) is 13.7. The van der Waals surface area contributed by atoms with Crippen LogP contribution < -0.4 is 11.1 Å². The van der Waals surface area contributed by atoms with Gasteiger partial charge in [0.1, 0.15) is 11.5 Å². The van der Waals surface area contributed by atoms with Crippen molar-refractivity contribution in [1.82, 2.24) is 14.3 Å². The lowest BCUT2D eigenvalue weighted by molar-refractivity contribution is 0.0995. The van der Waals surface area contributed by atoms with Gasteiger partial charge in [0.15, 0.2) is 0 Å². The molecule has 1 aliphatic heterocycles. The molecule has 9 heteroatoms. The summed E-state index contributed by atoms with van der Waals surface area (Å²) in [7, 11) is -3.18. The van der Waals surface area contributed by atoms with E-state index < -0.39 is 15.9 Å². The standard InChI is InChI=1S/C15H23N5O3S/c1-2-3-10-8-20(24(22,23)11-4-5-11)9-13(10)19-14-7-17-6-12(18-14)15(16)21/h6-7,10-11,13H,2-5,8-9H2,1H3,(H2,16,21)(H,18,19)/t10-,13-/m1/s1. The number of amides is 1. The molecule has 3 rings (SSSR count). The first kappa shape index (κ1) is 17.1. The van der Waals surface area contributed by atoms with Gasteiger partial charge in [-0.05, 0) is 25.2 Å². The summed E-state index contributed by atoms with van der Waals surface area (Å²) in [6, 6.07) is -0.0455. The Morgan fingerprint density at radius 2 is 2.12 bits per heavy atom. The van der Waals surface area contributed by atoms with Gasteiger partial charge >= 0.3 is 0 Å². The van der Waals surface area contributed by atoms with E-state index in [1.165, 1.54) is 12.4 Å². The van der Waals surface area contributed by atoms with Gasteiger partial charge in [0.2, 0.25) is 10.0 Å². The second kappa shape index (κ2) is 6.64. The predicted molar refractivity (Wildman–Crippen MR) is 89.9 cm³/mol. The van der Waals surface area contributed by atoms with E-state index in [2.05, 4.69) is 22.2 Å². The van der Waals surface area contributed by atoms with Gasteiger partial charge in [0.05, 0.1) is 17.6 Å². The van der Waals surface area contributed by atoms with Crippen molar-refractivity contribution in [1.29, 1.82) is 0 Å². The van der Waals surface area contributed by atoms with Crippen LogP contribution in [0, 0.1) is 5.92 Å². The normalized spacial score (nSPS) is 24.9. The number of hydrogen-bond acceptors (Lipinski definition) is 6. The molecule has 2 aliphatic rings. The Morgan fingerprint density at radius 3 is 2.75 bits per heavy atom. The van der Waals surface area contributed by atoms with Gasteiger partial charge in [-0.2, -0.15) is 4.31 Å². The molecule has 0 spiro atoms. The van der Waals surface area contributed by atoms with Gasteiger partial charge in [0, 0.05) is 19.1 Å². The molecule has 1 aromatic heterocycles. The molecule has 24 heavy (non-hydrogen) atoms. The third kappa shape index (κ3) is 3.51. The molecule has 0 radical (unpaired) electrons. The third-order valence-corrected chi connectivity index (χ3v) is 6.92. The maximum atomic E-state index is 12.5. The Bertz CT molecular complexity index is 720. The van der Waals surface area contributed by atoms with Crippen LogP contribution in [0.4, 0.5) is 5.82 Å². The molecule has 1 saturated heterocycles. The van der Waals surface area contributed by atoms with Crippen molar-refractivity contribution in [2.24, 2.45) is 11.7 Å². The molecule has 1 aliphatic carbocycles. The van der Waals surface area contributed by atoms with Gasteiger partial charge in [-0.15, -0.1) is 0 Å². The highest BCUT2D eigenvalue weighted by atomic mass is 32.2. The average molecular weight is 353 g/mol. The summed E-state index contributed by atoms with van der Waals surface area (Å²) in [5.41, 5.74) is 5.32. The number of nitrogens with two attached hydrogens (primary N) is 1. The van der Waals surface area contributed by atoms with E-state index in [-0.39, 0.29) is 22.9 Å². The minimum Gasteiger partial charge on any atom is -0.364 e. The molecule has 0 aromatic carbocycles. The molecule has 3 N–H and O–H groups in total. The fourth-order valence-electron chi connectivity index (χ4n) is 3.19. The Hall–Kier alpha value is -1.74. The third-order valence-electron chi connectivity index (χ3n) is 4.59. The first-order valence-electron chi connectivity index (χ1n) is 8.29. The topological polar surface area (TPSA) is 118 Å². The van der Waals surface area contributed by atoms with Crippen molar-refractivity contribution in [2.75, 3.05) is 18.4 Å². The molecule has 8 nitrogen and oxygen atoms in total. The lowest BCUT2D eigenvalue weighted by atomic mass is 9.98. The Balaban J connectivity index is 1.75. The molecule has 2 fully saturated rings. The zero-order chi connectivity index (χ0) is 17.3. The van der Waals surface area contributed by atoms with Crippen LogP contribution in [0.3, 0.4) is 0 Å². The molecular formula is C15H23N5O3S. The summed E-state index contributed by atoms with van der Waals surface area (Å²) in [6.07, 6.45) is 6.27. The minimum absolute atomic E-state index is 0.0455. The van der Waals surface area contributed by atoms with E-state index in [0.29, 0.717) is 18.9 Å². The number of carbonyl (C=O) groups is 1. The summed E-state index contributed by atoms with van der Waals surface area (Å²) in [5.74, 6) is 0.0197. The summed E-state index contributed by atoms with van der Waals surface area (Å²) < 4.78 is 26.6. The lowest BCUT2D eigenvalue weighted by Crippen LogP contribution is -2.34. The minimum atomic E-state index is -3.18. The molecule has 1 saturated carbocycles. The number of aromatic nitrogens is 2. The van der Waals surface area contributed by atoms with Crippen LogP contribution in [0.5, 0.6) is 0 Å². The largest absolute Gasteiger partial charge is 0.364 e. The number of carbonyl (C=O) groups excluding carboxylic acids is 1. The van der Waals surface area contributed by atoms with E-state index in [9.17, 15) is 13.2 Å². The van der Waals surface area contributed by atoms with Crippen molar-refractivity contribution < 1.29 is 13.2 Å². The quantitative estimate of drug-likeness (QED) is 0.740. The van der Waals surface area contributed by atoms with Gasteiger partial charge in [-0.1, -0.05) is 13.3 Å². The number of nitrogens with one attached hydrogen (secondary N) is 1. The van der Waals surface area contributed by atoms with E-state index in [0.717, 1.165) is 25.7 Å². The van der Waals surface area contributed by atoms with Crippen LogP contribution in [0.15, 0.2) is 12.4 Å². The highest BCUT2D eigenvalue weighted by Crippen LogP contribution is 2.35. The smallest absolute Gasteiger partial charge is 0.268 e. The van der Waals surface area contributed by atoms with E-state index >= 15 is 0 Å². The van der Waals surface area contributed by atoms with E-state index in [1.54, 1.807) is 4.31 Å². The Morgan fingerprint density at radius 1 is 1.38 bits per heavy atom. The number of sulfonamides is 1. The van der Waals surface area contributed by atoms with Gasteiger partial charge in [-0.3, -0.25) is 9.78 Å². The van der Waals surface area contributed by atoms with Crippen molar-refractivity contribution in [3.05, 3.63) is 18.1 Å². The first-order chi connectivity index (χ1) is 11.4. The molecular weight excluding hydrogens is 330 g/mol. The maximum Gasteiger partial charge on any atom is 0.268 e. The highest BCUT2D eigenvalue weighted by Gasteiger charge is 2.45. The highest BCUT2D eigenvalue weighted by molar-refractivity contribution is 7.90. The molecule has 2 heterocycles. The predicted octanol–water partition coefficient (Wildman–Crippen LogP) is 0.580. The van der Waals surface area contributed by atoms with Gasteiger partial charge in [-0.25, -0.2) is 13.4 Å². The van der Waals surface area contributed by atoms with Crippen LogP contribution in [-0.4, -0.2) is 53.0 Å². The second-order valence-corrected chi connectivity index (χ2v) is 8.73. The molecule has 1 amide bonds. The Labute approximate surface area is 141 Å². The number of hydrogen-bond donors (Lipinski definition) is 2. The monoisotopic (exact) mass is 353 g/mol. The first-order valence-corrected chi connectivity index (χ1v) is 9.79. The maximum absolute atomic E-state index is 12.5. The van der Waals surface area contributed by atoms with Gasteiger partial charge in [0.25, 0.3) is 5.91 Å². The summed E-state index contributed by atoms with van der Waals surface area (Å²) >= 11 is 0. The number of anilines is 1. The van der Waals surface area contributed by atoms with Crippen LogP contribution in [-0.2, 0) is 10.0 Å². The SMILES string of the molecule is CCC[C@@H]1CN(S(=O)(=O)C2CC2)C[C@H]1Nc1cncc(C(N)=O)n1. The van der Waals surface area contributed by atoms with Crippen molar-refractivity contribution in [3.8, 4) is 0 Å². The summed E-state index contributed by atoms with van der Waals surface area (Å²) in [6.45, 7) is 3.04. The van der Waals surface area contributed by atoms with Crippen molar-refractivity contribution in [3.63, 3.8) is 0 Å². The molecule has 0 bridgehead atoms. The van der Waals surface area contributed by atoms with Crippen LogP contribution >= 0.6 is 0 Å². The number of rotatable bonds is 7. The number of nitrogens with zero attached hydrogens (tertiary/aromatic N) is 3. The molecule has 2 atom stereocenters. The van der Waals surface area contributed by atoms with Crippen LogP contribution in [0.1, 0.15) is 43.1 Å². The van der Waals surface area contributed by atoms with Crippen LogP contribution in [0.25, 0.3) is 0 Å². The van der Waals surface area contributed by atoms with Crippen molar-refractivity contribution in [2.45, 2.75) is 43.9 Å². The van der Waals surface area contributed by atoms with Crippen LogP contribution in [0.2, 0.25) is 0 Å². The zero-order valence-corrected chi connectivity index (χ0v) is 14.5. The van der Waals surface area contributed by atoms with Crippen molar-refractivity contribution >= 4 is 21.7 Å². The second-order valence-electron chi connectivity index (χ2n) is 6.51. The average Bonchev–Trinajstić information content (AvgIpc) is 3.32. The van der Waals surface area contributed by atoms with Gasteiger partial charge < -0.3 is 11.1 Å². The summed E-state index contributed by atoms with van der Waals surface area (Å²) in [4.78, 5) is 19.3. The Kier molecular flexibility index (Phi) is 4.73. The lowest BCUT2D eigenvalue weighted by Gasteiger charge is -2.19. The molecule has 1 aromatic rings. The fraction of sp³-hybridized carbons (Fsp3) is 0.667.